The van der Waals surface area contributed by atoms with Crippen molar-refractivity contribution >= 4 is 69.0 Å². The number of nitrogens with zero attached hydrogens (tertiary/aromatic N) is 5. The molecule has 3 aliphatic heterocycles. The fourth-order valence-electron chi connectivity index (χ4n) is 8.65. The van der Waals surface area contributed by atoms with Gasteiger partial charge in [-0.3, -0.25) is 24.1 Å². The number of likely N-dealkylation sites (tertiary alicyclic amines) is 1. The number of aliphatic hydroxyl groups excluding tert-OH is 1. The van der Waals surface area contributed by atoms with Crippen molar-refractivity contribution in [1.29, 1.82) is 5.26 Å². The lowest BCUT2D eigenvalue weighted by Gasteiger charge is -2.35. The molecule has 3 aromatic rings. The van der Waals surface area contributed by atoms with Crippen molar-refractivity contribution in [2.75, 3.05) is 62.2 Å². The van der Waals surface area contributed by atoms with Crippen LogP contribution in [0.5, 0.6) is 5.75 Å². The van der Waals surface area contributed by atoms with Crippen molar-refractivity contribution in [1.82, 2.24) is 25.8 Å². The van der Waals surface area contributed by atoms with Gasteiger partial charge in [0.25, 0.3) is 5.91 Å². The number of hydrogen-bond acceptors (Lipinski definition) is 12. The average Bonchev–Trinajstić information content (AvgIpc) is 3.98. The Morgan fingerprint density at radius 3 is 2.32 bits per heavy atom. The Morgan fingerprint density at radius 1 is 1.01 bits per heavy atom. The Kier molecular flexibility index (Phi) is 17.9. The van der Waals surface area contributed by atoms with E-state index in [9.17, 15) is 42.7 Å². The van der Waals surface area contributed by atoms with E-state index in [1.54, 1.807) is 60.8 Å². The summed E-state index contributed by atoms with van der Waals surface area (Å²) in [5.74, 6) is -0.361. The number of ether oxygens (including phenoxy) is 2. The van der Waals surface area contributed by atoms with Crippen LogP contribution in [0.25, 0.3) is 4.91 Å². The molecule has 4 amide bonds. The van der Waals surface area contributed by atoms with Crippen molar-refractivity contribution in [3.05, 3.63) is 94.7 Å². The Labute approximate surface area is 423 Å². The van der Waals surface area contributed by atoms with Gasteiger partial charge >= 0.3 is 6.18 Å². The van der Waals surface area contributed by atoms with Crippen LogP contribution in [0.4, 0.5) is 24.5 Å². The highest BCUT2D eigenvalue weighted by molar-refractivity contribution is 8.08. The Bertz CT molecular complexity index is 2510. The molecule has 2 fully saturated rings. The third-order valence-electron chi connectivity index (χ3n) is 12.6. The van der Waals surface area contributed by atoms with Crippen LogP contribution in [0.3, 0.4) is 0 Å². The molecule has 3 heterocycles. The van der Waals surface area contributed by atoms with Crippen LogP contribution in [0, 0.1) is 16.7 Å². The minimum atomic E-state index is -4.80. The molecule has 0 spiro atoms. The van der Waals surface area contributed by atoms with Gasteiger partial charge in [0.1, 0.15) is 30.0 Å². The van der Waals surface area contributed by atoms with Crippen molar-refractivity contribution in [2.45, 2.75) is 104 Å². The maximum atomic E-state index is 14.0. The highest BCUT2D eigenvalue weighted by Crippen LogP contribution is 2.40. The molecule has 3 aliphatic rings. The molecule has 0 bridgehead atoms. The van der Waals surface area contributed by atoms with Gasteiger partial charge in [0.15, 0.2) is 5.11 Å². The topological polar surface area (TPSA) is 180 Å². The normalized spacial score (nSPS) is 18.5. The lowest BCUT2D eigenvalue weighted by Crippen LogP contribution is -2.58. The van der Waals surface area contributed by atoms with E-state index in [1.165, 1.54) is 15.9 Å². The van der Waals surface area contributed by atoms with Gasteiger partial charge in [-0.05, 0) is 125 Å². The van der Waals surface area contributed by atoms with Gasteiger partial charge in [0.05, 0.1) is 41.5 Å². The van der Waals surface area contributed by atoms with Crippen LogP contribution >= 0.6 is 24.0 Å². The number of rotatable bonds is 20. The van der Waals surface area contributed by atoms with E-state index < -0.39 is 64.2 Å². The molecule has 2 saturated heterocycles. The zero-order chi connectivity index (χ0) is 51.8. The number of thiocarbonyl (C=S) groups is 1. The molecule has 0 saturated carbocycles. The summed E-state index contributed by atoms with van der Waals surface area (Å²) in [6, 6.07) is 17.7. The maximum Gasteiger partial charge on any atom is 0.417 e. The summed E-state index contributed by atoms with van der Waals surface area (Å²) in [6.45, 7) is 13.1. The molecule has 3 atom stereocenters. The van der Waals surface area contributed by atoms with Crippen LogP contribution in [0.1, 0.15) is 89.5 Å². The van der Waals surface area contributed by atoms with Crippen molar-refractivity contribution < 1.29 is 46.9 Å². The fourth-order valence-corrected chi connectivity index (χ4v) is 10.2. The van der Waals surface area contributed by atoms with Gasteiger partial charge in [-0.25, -0.2) is 0 Å². The Hall–Kier alpha value is -5.72. The predicted octanol–water partition coefficient (Wildman–Crippen LogP) is 6.78. The van der Waals surface area contributed by atoms with Crippen LogP contribution in [-0.4, -0.2) is 120 Å². The third-order valence-corrected chi connectivity index (χ3v) is 14.1. The van der Waals surface area contributed by atoms with Gasteiger partial charge in [0, 0.05) is 49.0 Å². The minimum absolute atomic E-state index is 0.00252. The minimum Gasteiger partial charge on any atom is -0.494 e. The van der Waals surface area contributed by atoms with Gasteiger partial charge in [-0.2, -0.15) is 18.4 Å². The van der Waals surface area contributed by atoms with Gasteiger partial charge < -0.3 is 45.2 Å². The van der Waals surface area contributed by atoms with Crippen LogP contribution in [0.15, 0.2) is 72.4 Å². The average molecular weight is 1020 g/mol. The molecular formula is C51H63F3N8O7S2. The number of β-amino-alcohol motifs (C(OH)–C–C–N with tert-alkyl or cyclic N) is 1. The summed E-state index contributed by atoms with van der Waals surface area (Å²) in [5, 5.41) is 28.9. The number of carbonyl (C=O) groups excluding carboxylic acids is 4. The first-order valence-corrected chi connectivity index (χ1v) is 24.9. The number of aliphatic hydroxyl groups is 1. The Morgan fingerprint density at radius 2 is 1.69 bits per heavy atom. The van der Waals surface area contributed by atoms with Gasteiger partial charge in [-0.1, -0.05) is 45.0 Å². The van der Waals surface area contributed by atoms with E-state index in [-0.39, 0.29) is 42.8 Å². The number of nitrogens with one attached hydrogen (secondary N) is 3. The molecule has 0 radical (unpaired) electrons. The quantitative estimate of drug-likeness (QED) is 0.0688. The number of carbonyl (C=O) groups is 4. The lowest BCUT2D eigenvalue weighted by molar-refractivity contribution is -0.144. The van der Waals surface area contributed by atoms with E-state index in [0.29, 0.717) is 31.1 Å². The SMILES string of the molecule is CC1=C(c2ccc(CNC(=O)C3C[C@@H](O)CN3C(=O)[C@@H](NC(=O)COCCCN(C)CCCCOc3ccc(N4C(=S)N(c5ccc(C#N)c(C(F)(F)F)c5)C(=O)C4(C)C)cc3)C(C)(C)C)cc2)SCN1. The molecule has 382 valence electrons. The van der Waals surface area contributed by atoms with E-state index in [2.05, 4.69) is 20.9 Å². The standard InChI is InChI=1S/C51H63F3N8O7S2/c1-32-43(71-31-57-32)34-13-11-33(12-14-34)28-56-45(65)41-26-38(63)29-60(41)46(66)44(49(2,3)4)58-42(64)30-68-23-10-22-59(7)21-8-9-24-69-39-19-17-36(18-20-39)62-48(70)61(47(67)50(62,5)6)37-16-15-35(27-55)40(25-37)51(52,53)54/h11-20,25,38,41,44,57,63H,8-10,21-24,26,28-31H2,1-7H3,(H,56,65)(H,58,64)/t38-,41?,44-/m1/s1. The largest absolute Gasteiger partial charge is 0.494 e. The van der Waals surface area contributed by atoms with E-state index in [1.807, 2.05) is 59.0 Å². The van der Waals surface area contributed by atoms with Crippen LogP contribution in [0.2, 0.25) is 0 Å². The number of halogens is 3. The van der Waals surface area contributed by atoms with Crippen molar-refractivity contribution in [3.8, 4) is 11.8 Å². The summed E-state index contributed by atoms with van der Waals surface area (Å²) in [5.41, 5.74) is -0.0197. The predicted molar refractivity (Wildman–Crippen MR) is 271 cm³/mol. The molecule has 20 heteroatoms. The number of hydrogen-bond donors (Lipinski definition) is 4. The molecule has 0 aliphatic carbocycles. The van der Waals surface area contributed by atoms with Crippen molar-refractivity contribution in [3.63, 3.8) is 0 Å². The first-order chi connectivity index (χ1) is 33.5. The second-order valence-electron chi connectivity index (χ2n) is 19.5. The number of amides is 4. The maximum absolute atomic E-state index is 14.0. The molecule has 4 N–H and O–H groups in total. The number of benzene rings is 3. The highest BCUT2D eigenvalue weighted by Gasteiger charge is 2.51. The summed E-state index contributed by atoms with van der Waals surface area (Å²) in [7, 11) is 1.99. The van der Waals surface area contributed by atoms with Gasteiger partial charge in [0.2, 0.25) is 17.7 Å². The molecule has 0 aromatic heterocycles. The molecule has 15 nitrogen and oxygen atoms in total. The number of alkyl halides is 3. The number of thioether (sulfide) groups is 1. The zero-order valence-electron chi connectivity index (χ0n) is 41.2. The van der Waals surface area contributed by atoms with E-state index in [4.69, 9.17) is 21.7 Å². The fraction of sp³-hybridized carbons (Fsp3) is 0.490. The van der Waals surface area contributed by atoms with Crippen LogP contribution in [-0.2, 0) is 36.6 Å². The molecule has 3 aromatic carbocycles. The number of unbranched alkanes of at least 4 members (excludes halogenated alkanes) is 1. The molecule has 1 unspecified atom stereocenters. The molecule has 71 heavy (non-hydrogen) atoms. The first kappa shape index (κ1) is 54.6. The Balaban J connectivity index is 0.881. The van der Waals surface area contributed by atoms with E-state index >= 15 is 0 Å². The number of nitriles is 1. The monoisotopic (exact) mass is 1020 g/mol. The molecule has 6 rings (SSSR count). The number of anilines is 2. The van der Waals surface area contributed by atoms with Crippen LogP contribution < -0.4 is 30.5 Å². The summed E-state index contributed by atoms with van der Waals surface area (Å²) < 4.78 is 52.8. The zero-order valence-corrected chi connectivity index (χ0v) is 42.8. The summed E-state index contributed by atoms with van der Waals surface area (Å²) >= 11 is 7.38. The van der Waals surface area contributed by atoms with Crippen molar-refractivity contribution in [2.24, 2.45) is 5.41 Å². The summed E-state index contributed by atoms with van der Waals surface area (Å²) in [4.78, 5) is 61.5. The third kappa shape index (κ3) is 13.4. The highest BCUT2D eigenvalue weighted by atomic mass is 32.2. The first-order valence-electron chi connectivity index (χ1n) is 23.5. The van der Waals surface area contributed by atoms with Gasteiger partial charge in [-0.15, -0.1) is 11.8 Å². The lowest BCUT2D eigenvalue weighted by atomic mass is 9.85. The summed E-state index contributed by atoms with van der Waals surface area (Å²) in [6.07, 6.45) is -3.31. The second kappa shape index (κ2) is 23.2. The smallest absolute Gasteiger partial charge is 0.417 e. The van der Waals surface area contributed by atoms with E-state index in [0.717, 1.165) is 65.7 Å². The second-order valence-corrected chi connectivity index (χ2v) is 20.9. The number of allylic oxidation sites excluding steroid dienone is 1. The molecular weight excluding hydrogens is 958 g/mol.